The highest BCUT2D eigenvalue weighted by molar-refractivity contribution is 5.97. The molecule has 1 amide bonds. The van der Waals surface area contributed by atoms with Crippen LogP contribution in [0.4, 0.5) is 5.69 Å². The predicted octanol–water partition coefficient (Wildman–Crippen LogP) is 3.37. The van der Waals surface area contributed by atoms with Crippen molar-refractivity contribution in [2.24, 2.45) is 0 Å². The summed E-state index contributed by atoms with van der Waals surface area (Å²) in [4.78, 5) is 11.9. The Labute approximate surface area is 121 Å². The number of ether oxygens (including phenoxy) is 1. The van der Waals surface area contributed by atoms with E-state index in [4.69, 9.17) is 10.5 Å². The number of nitrogens with one attached hydrogen (secondary N) is 1. The molecule has 0 saturated carbocycles. The summed E-state index contributed by atoms with van der Waals surface area (Å²) < 4.78 is 5.72. The lowest BCUT2D eigenvalue weighted by Crippen LogP contribution is -2.23. The van der Waals surface area contributed by atoms with Crippen molar-refractivity contribution in [1.29, 1.82) is 0 Å². The molecule has 0 aliphatic carbocycles. The summed E-state index contributed by atoms with van der Waals surface area (Å²) in [7, 11) is 0. The zero-order chi connectivity index (χ0) is 14.8. The molecule has 0 radical (unpaired) electrons. The van der Waals surface area contributed by atoms with E-state index < -0.39 is 0 Å². The largest absolute Gasteiger partial charge is 0.493 e. The van der Waals surface area contributed by atoms with Crippen LogP contribution in [-0.4, -0.2) is 19.1 Å². The molecule has 112 valence electrons. The van der Waals surface area contributed by atoms with Gasteiger partial charge in [0.1, 0.15) is 5.75 Å². The molecule has 4 nitrogen and oxygen atoms in total. The van der Waals surface area contributed by atoms with E-state index in [0.717, 1.165) is 12.8 Å². The summed E-state index contributed by atoms with van der Waals surface area (Å²) >= 11 is 0. The van der Waals surface area contributed by atoms with Crippen molar-refractivity contribution in [1.82, 2.24) is 5.32 Å². The zero-order valence-electron chi connectivity index (χ0n) is 12.6. The van der Waals surface area contributed by atoms with Crippen LogP contribution in [0.5, 0.6) is 5.75 Å². The van der Waals surface area contributed by atoms with Gasteiger partial charge in [0.25, 0.3) is 5.91 Å². The normalized spacial score (nSPS) is 10.3. The van der Waals surface area contributed by atoms with Crippen molar-refractivity contribution in [2.75, 3.05) is 18.9 Å². The summed E-state index contributed by atoms with van der Waals surface area (Å²) in [5.41, 5.74) is 6.92. The van der Waals surface area contributed by atoms with Crippen LogP contribution in [0.3, 0.4) is 0 Å². The first-order chi connectivity index (χ1) is 9.69. The van der Waals surface area contributed by atoms with Gasteiger partial charge >= 0.3 is 0 Å². The van der Waals surface area contributed by atoms with Crippen LogP contribution < -0.4 is 15.8 Å². The van der Waals surface area contributed by atoms with E-state index in [1.54, 1.807) is 18.2 Å². The van der Waals surface area contributed by atoms with Gasteiger partial charge in [0.05, 0.1) is 12.2 Å². The lowest BCUT2D eigenvalue weighted by atomic mass is 10.1. The Kier molecular flexibility index (Phi) is 7.55. The third-order valence-electron chi connectivity index (χ3n) is 3.09. The zero-order valence-corrected chi connectivity index (χ0v) is 12.6. The van der Waals surface area contributed by atoms with Crippen LogP contribution in [0, 0.1) is 0 Å². The maximum absolute atomic E-state index is 11.9. The van der Waals surface area contributed by atoms with Crippen LogP contribution >= 0.6 is 0 Å². The number of nitrogens with two attached hydrogens (primary N) is 1. The van der Waals surface area contributed by atoms with Crippen LogP contribution in [0.2, 0.25) is 0 Å². The van der Waals surface area contributed by atoms with Gasteiger partial charge in [-0.3, -0.25) is 4.79 Å². The summed E-state index contributed by atoms with van der Waals surface area (Å²) in [6.45, 7) is 5.31. The number of nitrogen functional groups attached to an aromatic ring is 1. The Balaban J connectivity index is 2.54. The van der Waals surface area contributed by atoms with Gasteiger partial charge in [0, 0.05) is 18.3 Å². The summed E-state index contributed by atoms with van der Waals surface area (Å²) in [5, 5.41) is 2.78. The molecule has 0 unspecified atom stereocenters. The van der Waals surface area contributed by atoms with E-state index in [0.29, 0.717) is 30.2 Å². The number of unbranched alkanes of at least 4 members (excludes halogenated alkanes) is 4. The first-order valence-electron chi connectivity index (χ1n) is 7.49. The molecule has 0 spiro atoms. The number of rotatable bonds is 9. The minimum Gasteiger partial charge on any atom is -0.493 e. The number of hydrogen-bond donors (Lipinski definition) is 2. The number of carbonyl (C=O) groups excluding carboxylic acids is 1. The third kappa shape index (κ3) is 5.51. The Hall–Kier alpha value is -1.71. The molecule has 0 fully saturated rings. The fraction of sp³-hybridized carbons (Fsp3) is 0.562. The fourth-order valence-corrected chi connectivity index (χ4v) is 1.99. The molecule has 0 saturated heterocycles. The van der Waals surface area contributed by atoms with Gasteiger partial charge in [-0.05, 0) is 25.5 Å². The molecule has 0 aliphatic rings. The van der Waals surface area contributed by atoms with Gasteiger partial charge in [-0.15, -0.1) is 0 Å². The average molecular weight is 278 g/mol. The van der Waals surface area contributed by atoms with Gasteiger partial charge in [-0.2, -0.15) is 0 Å². The SMILES string of the molecule is CCCCCCCOc1cc(N)ccc1C(=O)NCC. The van der Waals surface area contributed by atoms with Gasteiger partial charge in [0.2, 0.25) is 0 Å². The Morgan fingerprint density at radius 3 is 2.65 bits per heavy atom. The second kappa shape index (κ2) is 9.23. The molecule has 1 aromatic rings. The van der Waals surface area contributed by atoms with Crippen LogP contribution in [0.1, 0.15) is 56.3 Å². The highest BCUT2D eigenvalue weighted by Gasteiger charge is 2.12. The number of amides is 1. The molecule has 4 heteroatoms. The molecular formula is C16H26N2O2. The summed E-state index contributed by atoms with van der Waals surface area (Å²) in [5.74, 6) is 0.458. The van der Waals surface area contributed by atoms with Crippen molar-refractivity contribution in [3.8, 4) is 5.75 Å². The summed E-state index contributed by atoms with van der Waals surface area (Å²) in [6, 6.07) is 5.15. The minimum atomic E-state index is -0.117. The molecule has 0 aliphatic heterocycles. The second-order valence-corrected chi connectivity index (χ2v) is 4.88. The van der Waals surface area contributed by atoms with Crippen molar-refractivity contribution >= 4 is 11.6 Å². The van der Waals surface area contributed by atoms with Crippen molar-refractivity contribution < 1.29 is 9.53 Å². The standard InChI is InChI=1S/C16H26N2O2/c1-3-5-6-7-8-11-20-15-12-13(17)9-10-14(15)16(19)18-4-2/h9-10,12H,3-8,11,17H2,1-2H3,(H,18,19). The van der Waals surface area contributed by atoms with Crippen molar-refractivity contribution in [2.45, 2.75) is 46.0 Å². The lowest BCUT2D eigenvalue weighted by molar-refractivity contribution is 0.0951. The Morgan fingerprint density at radius 1 is 1.20 bits per heavy atom. The van der Waals surface area contributed by atoms with Crippen LogP contribution in [-0.2, 0) is 0 Å². The third-order valence-corrected chi connectivity index (χ3v) is 3.09. The first kappa shape index (κ1) is 16.3. The van der Waals surface area contributed by atoms with E-state index in [9.17, 15) is 4.79 Å². The topological polar surface area (TPSA) is 64.3 Å². The van der Waals surface area contributed by atoms with E-state index in [1.165, 1.54) is 19.3 Å². The Bertz CT molecular complexity index is 419. The maximum atomic E-state index is 11.9. The molecule has 1 rings (SSSR count). The highest BCUT2D eigenvalue weighted by atomic mass is 16.5. The molecule has 0 aromatic heterocycles. The van der Waals surface area contributed by atoms with E-state index in [1.807, 2.05) is 6.92 Å². The highest BCUT2D eigenvalue weighted by Crippen LogP contribution is 2.22. The van der Waals surface area contributed by atoms with Crippen LogP contribution in [0.25, 0.3) is 0 Å². The molecular weight excluding hydrogens is 252 g/mol. The lowest BCUT2D eigenvalue weighted by Gasteiger charge is -2.12. The van der Waals surface area contributed by atoms with E-state index in [-0.39, 0.29) is 5.91 Å². The molecule has 3 N–H and O–H groups in total. The number of hydrogen-bond acceptors (Lipinski definition) is 3. The number of anilines is 1. The van der Waals surface area contributed by atoms with E-state index >= 15 is 0 Å². The minimum absolute atomic E-state index is 0.117. The van der Waals surface area contributed by atoms with Crippen LogP contribution in [0.15, 0.2) is 18.2 Å². The number of carbonyl (C=O) groups is 1. The molecule has 20 heavy (non-hydrogen) atoms. The van der Waals surface area contributed by atoms with Crippen molar-refractivity contribution in [3.05, 3.63) is 23.8 Å². The fourth-order valence-electron chi connectivity index (χ4n) is 1.99. The maximum Gasteiger partial charge on any atom is 0.255 e. The van der Waals surface area contributed by atoms with Crippen molar-refractivity contribution in [3.63, 3.8) is 0 Å². The quantitative estimate of drug-likeness (QED) is 0.537. The smallest absolute Gasteiger partial charge is 0.255 e. The second-order valence-electron chi connectivity index (χ2n) is 4.88. The van der Waals surface area contributed by atoms with Gasteiger partial charge in [-0.25, -0.2) is 0 Å². The monoisotopic (exact) mass is 278 g/mol. The van der Waals surface area contributed by atoms with Gasteiger partial charge in [0.15, 0.2) is 0 Å². The van der Waals surface area contributed by atoms with Gasteiger partial charge < -0.3 is 15.8 Å². The first-order valence-corrected chi connectivity index (χ1v) is 7.49. The molecule has 0 heterocycles. The molecule has 0 bridgehead atoms. The number of benzene rings is 1. The summed E-state index contributed by atoms with van der Waals surface area (Å²) in [6.07, 6.45) is 5.90. The molecule has 0 atom stereocenters. The Morgan fingerprint density at radius 2 is 1.95 bits per heavy atom. The average Bonchev–Trinajstić information content (AvgIpc) is 2.43. The van der Waals surface area contributed by atoms with Gasteiger partial charge in [-0.1, -0.05) is 32.6 Å². The molecule has 1 aromatic carbocycles. The predicted molar refractivity (Wildman–Crippen MR) is 83.1 cm³/mol. The van der Waals surface area contributed by atoms with E-state index in [2.05, 4.69) is 12.2 Å².